The molecule has 0 amide bonds. The highest BCUT2D eigenvalue weighted by atomic mass is 32.2. The summed E-state index contributed by atoms with van der Waals surface area (Å²) in [7, 11) is 1.56. The third kappa shape index (κ3) is 8.44. The molecule has 232 valence electrons. The van der Waals surface area contributed by atoms with E-state index in [2.05, 4.69) is 30.7 Å². The average Bonchev–Trinajstić information content (AvgIpc) is 3.47. The lowest BCUT2D eigenvalue weighted by atomic mass is 10.1. The number of hydrazine groups is 1. The number of aryl methyl sites for hydroxylation is 1. The van der Waals surface area contributed by atoms with E-state index < -0.39 is 24.0 Å². The van der Waals surface area contributed by atoms with Gasteiger partial charge in [0.1, 0.15) is 17.8 Å². The molecule has 0 fully saturated rings. The normalized spacial score (nSPS) is 12.2. The van der Waals surface area contributed by atoms with Gasteiger partial charge in [-0.2, -0.15) is 22.0 Å². The number of nitrogens with zero attached hydrogens (tertiary/aromatic N) is 4. The van der Waals surface area contributed by atoms with E-state index in [0.29, 0.717) is 40.2 Å². The number of aliphatic imine (C=N–C) groups is 1. The minimum absolute atomic E-state index is 0.191. The molecule has 0 saturated heterocycles. The van der Waals surface area contributed by atoms with Gasteiger partial charge in [0.05, 0.1) is 24.2 Å². The van der Waals surface area contributed by atoms with Crippen LogP contribution in [0.1, 0.15) is 11.1 Å². The van der Waals surface area contributed by atoms with Gasteiger partial charge in [0.15, 0.2) is 11.0 Å². The van der Waals surface area contributed by atoms with Gasteiger partial charge in [0.2, 0.25) is 0 Å². The number of methoxy groups -OCH3 is 1. The largest absolute Gasteiger partial charge is 0.499 e. The SMILES string of the molecule is COc1ccc(N=C(NNCc2ccc(-c3ncn(-c4ccc(OC(F)(F)C(F)(F)F)cc4)n3)cc2)SCC(=O)O)c(C)c1. The first-order chi connectivity index (χ1) is 20.8. The second-order valence-electron chi connectivity index (χ2n) is 9.05. The Hall–Kier alpha value is -4.70. The van der Waals surface area contributed by atoms with E-state index in [0.717, 1.165) is 35.0 Å². The first-order valence-corrected chi connectivity index (χ1v) is 13.6. The molecule has 0 unspecified atom stereocenters. The summed E-state index contributed by atoms with van der Waals surface area (Å²) in [6, 6.07) is 17.0. The first-order valence-electron chi connectivity index (χ1n) is 12.7. The number of carboxylic acid groups (broad SMARTS) is 1. The van der Waals surface area contributed by atoms with Gasteiger partial charge in [-0.15, -0.1) is 5.10 Å². The Morgan fingerprint density at radius 3 is 2.32 bits per heavy atom. The average molecular weight is 637 g/mol. The smallest absolute Gasteiger partial charge is 0.497 e. The molecule has 10 nitrogen and oxygen atoms in total. The molecular weight excluding hydrogens is 611 g/mol. The van der Waals surface area contributed by atoms with Crippen molar-refractivity contribution in [2.45, 2.75) is 25.8 Å². The zero-order chi connectivity index (χ0) is 31.9. The van der Waals surface area contributed by atoms with Crippen LogP contribution >= 0.6 is 11.8 Å². The number of amidine groups is 1. The van der Waals surface area contributed by atoms with E-state index >= 15 is 0 Å². The molecule has 0 saturated carbocycles. The number of halogens is 5. The predicted molar refractivity (Wildman–Crippen MR) is 153 cm³/mol. The Morgan fingerprint density at radius 1 is 1.02 bits per heavy atom. The predicted octanol–water partition coefficient (Wildman–Crippen LogP) is 5.88. The Kier molecular flexibility index (Phi) is 10.1. The van der Waals surface area contributed by atoms with Crippen molar-refractivity contribution in [3.05, 3.63) is 84.2 Å². The number of hydrogen-bond acceptors (Lipinski definition) is 8. The Bertz CT molecular complexity index is 1610. The molecule has 1 heterocycles. The fourth-order valence-corrected chi connectivity index (χ4v) is 4.17. The maximum Gasteiger partial charge on any atom is 0.499 e. The van der Waals surface area contributed by atoms with Crippen molar-refractivity contribution in [2.75, 3.05) is 12.9 Å². The summed E-state index contributed by atoms with van der Waals surface area (Å²) in [6.07, 6.45) is -9.79. The molecule has 0 bridgehead atoms. The topological polar surface area (TPSA) is 123 Å². The molecule has 3 N–H and O–H groups in total. The lowest BCUT2D eigenvalue weighted by Gasteiger charge is -2.20. The summed E-state index contributed by atoms with van der Waals surface area (Å²) in [6.45, 7) is 2.23. The molecule has 0 aliphatic heterocycles. The Morgan fingerprint density at radius 2 is 1.70 bits per heavy atom. The fraction of sp³-hybridized carbons (Fsp3) is 0.214. The highest BCUT2D eigenvalue weighted by molar-refractivity contribution is 8.14. The molecule has 16 heteroatoms. The molecule has 44 heavy (non-hydrogen) atoms. The molecule has 0 atom stereocenters. The highest BCUT2D eigenvalue weighted by Crippen LogP contribution is 2.37. The van der Waals surface area contributed by atoms with Gasteiger partial charge in [-0.1, -0.05) is 36.0 Å². The van der Waals surface area contributed by atoms with Gasteiger partial charge >= 0.3 is 18.3 Å². The van der Waals surface area contributed by atoms with Crippen LogP contribution in [-0.2, 0) is 11.3 Å². The Labute approximate surface area is 251 Å². The van der Waals surface area contributed by atoms with Crippen molar-refractivity contribution >= 4 is 28.6 Å². The van der Waals surface area contributed by atoms with Gasteiger partial charge < -0.3 is 14.6 Å². The van der Waals surface area contributed by atoms with Crippen molar-refractivity contribution in [3.63, 3.8) is 0 Å². The van der Waals surface area contributed by atoms with E-state index in [1.807, 2.05) is 25.1 Å². The zero-order valence-corrected chi connectivity index (χ0v) is 23.9. The van der Waals surface area contributed by atoms with Crippen molar-refractivity contribution in [2.24, 2.45) is 4.99 Å². The standard InChI is InChI=1S/C28H25F5N6O4S/c1-17-13-22(42-2)11-12-23(17)36-26(44-15-24(40)41)37-35-14-18-3-5-19(6-4-18)25-34-16-39(38-25)20-7-9-21(10-8-20)43-28(32,33)27(29,30)31/h3-13,16,35H,14-15H2,1-2H3,(H,36,37)(H,40,41). The number of benzene rings is 3. The molecular formula is C28H25F5N6O4S. The van der Waals surface area contributed by atoms with Crippen molar-refractivity contribution < 1.29 is 41.3 Å². The van der Waals surface area contributed by atoms with Crippen LogP contribution in [0, 0.1) is 6.92 Å². The van der Waals surface area contributed by atoms with E-state index in [4.69, 9.17) is 9.84 Å². The van der Waals surface area contributed by atoms with Crippen LogP contribution < -0.4 is 20.3 Å². The van der Waals surface area contributed by atoms with Crippen molar-refractivity contribution in [1.29, 1.82) is 0 Å². The van der Waals surface area contributed by atoms with Crippen LogP contribution in [0.2, 0.25) is 0 Å². The summed E-state index contributed by atoms with van der Waals surface area (Å²) in [5, 5.41) is 13.8. The third-order valence-electron chi connectivity index (χ3n) is 5.83. The molecule has 4 aromatic rings. The van der Waals surface area contributed by atoms with Gasteiger partial charge in [0, 0.05) is 12.1 Å². The molecule has 3 aromatic carbocycles. The van der Waals surface area contributed by atoms with E-state index in [-0.39, 0.29) is 5.75 Å². The fourth-order valence-electron chi connectivity index (χ4n) is 3.60. The number of carboxylic acids is 1. The van der Waals surface area contributed by atoms with Crippen molar-refractivity contribution in [3.8, 4) is 28.6 Å². The maximum atomic E-state index is 13.1. The third-order valence-corrected chi connectivity index (χ3v) is 6.69. The minimum Gasteiger partial charge on any atom is -0.497 e. The van der Waals surface area contributed by atoms with Crippen LogP contribution in [0.5, 0.6) is 11.5 Å². The monoisotopic (exact) mass is 636 g/mol. The molecule has 1 aromatic heterocycles. The van der Waals surface area contributed by atoms with Gasteiger partial charge in [-0.3, -0.25) is 10.2 Å². The molecule has 0 aliphatic carbocycles. The highest BCUT2D eigenvalue weighted by Gasteiger charge is 2.61. The summed E-state index contributed by atoms with van der Waals surface area (Å²) >= 11 is 1.02. The number of nitrogens with one attached hydrogen (secondary N) is 2. The molecule has 0 aliphatic rings. The number of ether oxygens (including phenoxy) is 2. The molecule has 0 spiro atoms. The second kappa shape index (κ2) is 13.7. The number of alkyl halides is 5. The van der Waals surface area contributed by atoms with E-state index in [1.54, 1.807) is 31.4 Å². The lowest BCUT2D eigenvalue weighted by molar-refractivity contribution is -0.360. The number of aromatic nitrogens is 3. The van der Waals surface area contributed by atoms with E-state index in [9.17, 15) is 26.7 Å². The van der Waals surface area contributed by atoms with Crippen LogP contribution in [0.4, 0.5) is 27.6 Å². The summed E-state index contributed by atoms with van der Waals surface area (Å²) in [5.74, 6) is -0.812. The quantitative estimate of drug-likeness (QED) is 0.0801. The van der Waals surface area contributed by atoms with Crippen LogP contribution in [0.3, 0.4) is 0 Å². The summed E-state index contributed by atoms with van der Waals surface area (Å²) < 4.78 is 73.7. The minimum atomic E-state index is -5.84. The number of aliphatic carboxylic acids is 1. The summed E-state index contributed by atoms with van der Waals surface area (Å²) in [4.78, 5) is 19.9. The maximum absolute atomic E-state index is 13.1. The van der Waals surface area contributed by atoms with Crippen LogP contribution in [0.15, 0.2) is 78.0 Å². The first kappa shape index (κ1) is 32.2. The number of thioether (sulfide) groups is 1. The second-order valence-corrected chi connectivity index (χ2v) is 10.0. The zero-order valence-electron chi connectivity index (χ0n) is 23.1. The lowest BCUT2D eigenvalue weighted by Crippen LogP contribution is -2.41. The van der Waals surface area contributed by atoms with Crippen LogP contribution in [-0.4, -0.2) is 56.2 Å². The van der Waals surface area contributed by atoms with Gasteiger partial charge in [0.25, 0.3) is 0 Å². The van der Waals surface area contributed by atoms with E-state index in [1.165, 1.54) is 23.1 Å². The summed E-state index contributed by atoms with van der Waals surface area (Å²) in [5.41, 5.74) is 9.38. The van der Waals surface area contributed by atoms with Crippen LogP contribution in [0.25, 0.3) is 17.1 Å². The number of hydrogen-bond donors (Lipinski definition) is 3. The van der Waals surface area contributed by atoms with Crippen molar-refractivity contribution in [1.82, 2.24) is 25.6 Å². The molecule has 4 rings (SSSR count). The molecule has 0 radical (unpaired) electrons. The Balaban J connectivity index is 1.37. The van der Waals surface area contributed by atoms with Gasteiger partial charge in [-0.25, -0.2) is 20.1 Å². The number of rotatable bonds is 11. The number of carbonyl (C=O) groups is 1. The van der Waals surface area contributed by atoms with Gasteiger partial charge in [-0.05, 0) is 60.5 Å².